The minimum Gasteiger partial charge on any atom is -0.493 e. The van der Waals surface area contributed by atoms with Gasteiger partial charge in [-0.25, -0.2) is 0 Å². The van der Waals surface area contributed by atoms with Gasteiger partial charge in [0, 0.05) is 29.5 Å². The topological polar surface area (TPSA) is 73.3 Å². The van der Waals surface area contributed by atoms with E-state index >= 15 is 0 Å². The summed E-state index contributed by atoms with van der Waals surface area (Å²) in [6.07, 6.45) is 3.37. The van der Waals surface area contributed by atoms with Crippen LogP contribution in [0.4, 0.5) is 5.69 Å². The molecule has 6 heteroatoms. The Hall–Kier alpha value is -3.15. The largest absolute Gasteiger partial charge is 0.493 e. The van der Waals surface area contributed by atoms with Crippen molar-refractivity contribution in [2.45, 2.75) is 6.92 Å². The molecule has 1 N–H and O–H groups in total. The van der Waals surface area contributed by atoms with Gasteiger partial charge in [0.1, 0.15) is 0 Å². The molecule has 6 nitrogen and oxygen atoms in total. The third-order valence-corrected chi connectivity index (χ3v) is 3.69. The molecule has 3 aromatic rings. The van der Waals surface area contributed by atoms with Gasteiger partial charge in [-0.2, -0.15) is 0 Å². The highest BCUT2D eigenvalue weighted by atomic mass is 16.5. The zero-order valence-corrected chi connectivity index (χ0v) is 13.7. The zero-order chi connectivity index (χ0) is 17.1. The molecule has 2 heterocycles. The molecule has 1 aromatic carbocycles. The molecule has 0 saturated carbocycles. The maximum absolute atomic E-state index is 12.6. The number of fused-ring (bicyclic) bond motifs is 1. The van der Waals surface area contributed by atoms with Crippen molar-refractivity contribution in [3.05, 3.63) is 54.0 Å². The lowest BCUT2D eigenvalue weighted by Gasteiger charge is -2.11. The van der Waals surface area contributed by atoms with Crippen LogP contribution in [0.25, 0.3) is 10.9 Å². The standard InChI is InChI=1S/C18H17N3O3/c1-11-14(8-12-10-19-7-6-15(12)20-11)18(22)21-13-4-5-16(23-2)17(9-13)24-3/h4-10H,1-3H3,(H,21,22). The smallest absolute Gasteiger partial charge is 0.257 e. The Labute approximate surface area is 139 Å². The number of benzene rings is 1. The number of hydrogen-bond acceptors (Lipinski definition) is 5. The summed E-state index contributed by atoms with van der Waals surface area (Å²) in [6, 6.07) is 8.82. The fourth-order valence-corrected chi connectivity index (χ4v) is 2.46. The van der Waals surface area contributed by atoms with Gasteiger partial charge in [0.05, 0.1) is 31.0 Å². The SMILES string of the molecule is COc1ccc(NC(=O)c2cc3cnccc3nc2C)cc1OC. The number of aromatic nitrogens is 2. The van der Waals surface area contributed by atoms with E-state index in [0.29, 0.717) is 28.4 Å². The third kappa shape index (κ3) is 2.99. The van der Waals surface area contributed by atoms with E-state index in [1.54, 1.807) is 50.9 Å². The van der Waals surface area contributed by atoms with Crippen molar-refractivity contribution in [2.75, 3.05) is 19.5 Å². The van der Waals surface area contributed by atoms with E-state index in [1.807, 2.05) is 13.0 Å². The number of nitrogens with zero attached hydrogens (tertiary/aromatic N) is 2. The quantitative estimate of drug-likeness (QED) is 0.798. The summed E-state index contributed by atoms with van der Waals surface area (Å²) in [4.78, 5) is 21.1. The number of rotatable bonds is 4. The van der Waals surface area contributed by atoms with Gasteiger partial charge in [-0.15, -0.1) is 0 Å². The minimum absolute atomic E-state index is 0.238. The second kappa shape index (κ2) is 6.54. The number of hydrogen-bond donors (Lipinski definition) is 1. The Kier molecular flexibility index (Phi) is 4.29. The molecule has 0 radical (unpaired) electrons. The molecule has 0 aliphatic carbocycles. The molecule has 0 unspecified atom stereocenters. The normalized spacial score (nSPS) is 10.5. The first-order valence-electron chi connectivity index (χ1n) is 7.37. The molecule has 0 atom stereocenters. The molecule has 122 valence electrons. The predicted octanol–water partition coefficient (Wildman–Crippen LogP) is 3.21. The Morgan fingerprint density at radius 1 is 1.08 bits per heavy atom. The number of nitrogens with one attached hydrogen (secondary N) is 1. The van der Waals surface area contributed by atoms with Crippen LogP contribution in [0.3, 0.4) is 0 Å². The number of ether oxygens (including phenoxy) is 2. The van der Waals surface area contributed by atoms with Crippen molar-refractivity contribution in [3.8, 4) is 11.5 Å². The first-order valence-corrected chi connectivity index (χ1v) is 7.37. The molecule has 0 bridgehead atoms. The first-order chi connectivity index (χ1) is 11.6. The van der Waals surface area contributed by atoms with Crippen LogP contribution in [0.1, 0.15) is 16.1 Å². The fourth-order valence-electron chi connectivity index (χ4n) is 2.46. The highest BCUT2D eigenvalue weighted by molar-refractivity contribution is 6.06. The number of aryl methyl sites for hydroxylation is 1. The van der Waals surface area contributed by atoms with Crippen molar-refractivity contribution < 1.29 is 14.3 Å². The zero-order valence-electron chi connectivity index (χ0n) is 13.7. The average Bonchev–Trinajstić information content (AvgIpc) is 2.60. The van der Waals surface area contributed by atoms with Gasteiger partial charge < -0.3 is 14.8 Å². The molecule has 0 saturated heterocycles. The number of carbonyl (C=O) groups is 1. The summed E-state index contributed by atoms with van der Waals surface area (Å²) in [5.41, 5.74) is 2.59. The van der Waals surface area contributed by atoms with Crippen LogP contribution in [0, 0.1) is 6.92 Å². The Bertz CT molecular complexity index is 909. The number of pyridine rings is 2. The molecule has 2 aromatic heterocycles. The summed E-state index contributed by atoms with van der Waals surface area (Å²) in [5.74, 6) is 0.913. The van der Waals surface area contributed by atoms with Crippen molar-refractivity contribution in [3.63, 3.8) is 0 Å². The highest BCUT2D eigenvalue weighted by Gasteiger charge is 2.13. The summed E-state index contributed by atoms with van der Waals surface area (Å²) in [6.45, 7) is 1.81. The second-order valence-corrected chi connectivity index (χ2v) is 5.21. The van der Waals surface area contributed by atoms with Crippen molar-refractivity contribution >= 4 is 22.5 Å². The average molecular weight is 323 g/mol. The van der Waals surface area contributed by atoms with E-state index in [2.05, 4.69) is 15.3 Å². The minimum atomic E-state index is -0.238. The lowest BCUT2D eigenvalue weighted by molar-refractivity contribution is 0.102. The fraction of sp³-hybridized carbons (Fsp3) is 0.167. The number of carbonyl (C=O) groups excluding carboxylic acids is 1. The van der Waals surface area contributed by atoms with Gasteiger partial charge >= 0.3 is 0 Å². The van der Waals surface area contributed by atoms with E-state index in [9.17, 15) is 4.79 Å². The van der Waals surface area contributed by atoms with Gasteiger partial charge in [-0.1, -0.05) is 0 Å². The van der Waals surface area contributed by atoms with E-state index in [4.69, 9.17) is 9.47 Å². The first kappa shape index (κ1) is 15.7. The van der Waals surface area contributed by atoms with Gasteiger partial charge in [0.2, 0.25) is 0 Å². The summed E-state index contributed by atoms with van der Waals surface area (Å²) in [7, 11) is 3.11. The van der Waals surface area contributed by atoms with E-state index in [1.165, 1.54) is 0 Å². The van der Waals surface area contributed by atoms with Crippen LogP contribution < -0.4 is 14.8 Å². The van der Waals surface area contributed by atoms with Crippen LogP contribution in [-0.2, 0) is 0 Å². The lowest BCUT2D eigenvalue weighted by Crippen LogP contribution is -2.14. The molecular weight excluding hydrogens is 306 g/mol. The van der Waals surface area contributed by atoms with Crippen molar-refractivity contribution in [1.29, 1.82) is 0 Å². The lowest BCUT2D eigenvalue weighted by atomic mass is 10.1. The molecule has 1 amide bonds. The summed E-state index contributed by atoms with van der Waals surface area (Å²) >= 11 is 0. The van der Waals surface area contributed by atoms with E-state index in [-0.39, 0.29) is 5.91 Å². The number of anilines is 1. The summed E-state index contributed by atoms with van der Waals surface area (Å²) in [5, 5.41) is 3.67. The van der Waals surface area contributed by atoms with Gasteiger partial charge in [0.25, 0.3) is 5.91 Å². The van der Waals surface area contributed by atoms with Crippen LogP contribution in [-0.4, -0.2) is 30.1 Å². The molecule has 0 spiro atoms. The predicted molar refractivity (Wildman–Crippen MR) is 91.8 cm³/mol. The van der Waals surface area contributed by atoms with Crippen molar-refractivity contribution in [1.82, 2.24) is 9.97 Å². The Morgan fingerprint density at radius 2 is 1.88 bits per heavy atom. The van der Waals surface area contributed by atoms with Gasteiger partial charge in [-0.05, 0) is 31.2 Å². The van der Waals surface area contributed by atoms with Crippen LogP contribution in [0.5, 0.6) is 11.5 Å². The molecule has 0 aliphatic rings. The monoisotopic (exact) mass is 323 g/mol. The maximum atomic E-state index is 12.6. The van der Waals surface area contributed by atoms with E-state index in [0.717, 1.165) is 10.9 Å². The second-order valence-electron chi connectivity index (χ2n) is 5.21. The highest BCUT2D eigenvalue weighted by Crippen LogP contribution is 2.30. The number of amides is 1. The van der Waals surface area contributed by atoms with Crippen molar-refractivity contribution in [2.24, 2.45) is 0 Å². The molecule has 0 aliphatic heterocycles. The van der Waals surface area contributed by atoms with Gasteiger partial charge in [0.15, 0.2) is 11.5 Å². The Balaban J connectivity index is 1.91. The van der Waals surface area contributed by atoms with Crippen LogP contribution in [0.15, 0.2) is 42.7 Å². The Morgan fingerprint density at radius 3 is 2.62 bits per heavy atom. The number of methoxy groups -OCH3 is 2. The molecule has 0 fully saturated rings. The van der Waals surface area contributed by atoms with Gasteiger partial charge in [-0.3, -0.25) is 14.8 Å². The maximum Gasteiger partial charge on any atom is 0.257 e. The molecule has 3 rings (SSSR count). The molecule has 24 heavy (non-hydrogen) atoms. The van der Waals surface area contributed by atoms with Crippen LogP contribution in [0.2, 0.25) is 0 Å². The summed E-state index contributed by atoms with van der Waals surface area (Å²) < 4.78 is 10.4. The third-order valence-electron chi connectivity index (χ3n) is 3.69. The molecular formula is C18H17N3O3. The van der Waals surface area contributed by atoms with Crippen LogP contribution >= 0.6 is 0 Å². The van der Waals surface area contributed by atoms with E-state index < -0.39 is 0 Å².